The van der Waals surface area contributed by atoms with E-state index in [2.05, 4.69) is 6.92 Å². The Morgan fingerprint density at radius 3 is 2.30 bits per heavy atom. The van der Waals surface area contributed by atoms with Gasteiger partial charge in [0.15, 0.2) is 0 Å². The maximum Gasteiger partial charge on any atom is 0.336 e. The Bertz CT molecular complexity index is 861. The van der Waals surface area contributed by atoms with Crippen molar-refractivity contribution in [1.29, 1.82) is 0 Å². The highest BCUT2D eigenvalue weighted by molar-refractivity contribution is 5.76. The smallest absolute Gasteiger partial charge is 0.336 e. The van der Waals surface area contributed by atoms with Crippen LogP contribution in [0.4, 0.5) is 0 Å². The Morgan fingerprint density at radius 2 is 1.61 bits per heavy atom. The lowest BCUT2D eigenvalue weighted by atomic mass is 9.93. The first-order valence-corrected chi connectivity index (χ1v) is 7.99. The van der Waals surface area contributed by atoms with Gasteiger partial charge in [-0.15, -0.1) is 0 Å². The summed E-state index contributed by atoms with van der Waals surface area (Å²) < 4.78 is 5.63. The lowest BCUT2D eigenvalue weighted by molar-refractivity contribution is 0.519. The Morgan fingerprint density at radius 1 is 0.913 bits per heavy atom. The number of hydrogen-bond acceptors (Lipinski definition) is 2. The first-order valence-electron chi connectivity index (χ1n) is 7.99. The molecule has 116 valence electrons. The molecule has 0 bridgehead atoms. The summed E-state index contributed by atoms with van der Waals surface area (Å²) in [4.78, 5) is 12.2. The summed E-state index contributed by atoms with van der Waals surface area (Å²) >= 11 is 0. The van der Waals surface area contributed by atoms with Gasteiger partial charge >= 0.3 is 5.63 Å². The van der Waals surface area contributed by atoms with Crippen LogP contribution in [0, 0.1) is 6.92 Å². The molecular formula is C21H20O2. The predicted octanol–water partition coefficient (Wildman–Crippen LogP) is 5.23. The fourth-order valence-electron chi connectivity index (χ4n) is 2.94. The lowest BCUT2D eigenvalue weighted by Crippen LogP contribution is -2.05. The van der Waals surface area contributed by atoms with E-state index in [4.69, 9.17) is 4.42 Å². The van der Waals surface area contributed by atoms with E-state index in [1.54, 1.807) is 6.07 Å². The Labute approximate surface area is 136 Å². The van der Waals surface area contributed by atoms with Crippen LogP contribution in [0.2, 0.25) is 0 Å². The number of hydrogen-bond donors (Lipinski definition) is 0. The molecule has 1 aromatic heterocycles. The highest BCUT2D eigenvalue weighted by atomic mass is 16.4. The zero-order valence-corrected chi connectivity index (χ0v) is 13.5. The monoisotopic (exact) mass is 304 g/mol. The van der Waals surface area contributed by atoms with Gasteiger partial charge in [0.25, 0.3) is 0 Å². The molecule has 0 N–H and O–H groups in total. The zero-order valence-electron chi connectivity index (χ0n) is 13.5. The summed E-state index contributed by atoms with van der Waals surface area (Å²) in [6.45, 7) is 4.18. The van der Waals surface area contributed by atoms with Crippen LogP contribution in [0.25, 0.3) is 22.5 Å². The van der Waals surface area contributed by atoms with E-state index < -0.39 is 0 Å². The van der Waals surface area contributed by atoms with Crippen LogP contribution in [0.5, 0.6) is 0 Å². The van der Waals surface area contributed by atoms with Crippen molar-refractivity contribution in [1.82, 2.24) is 0 Å². The van der Waals surface area contributed by atoms with Gasteiger partial charge in [-0.05, 0) is 30.0 Å². The first-order chi connectivity index (χ1) is 11.2. The van der Waals surface area contributed by atoms with E-state index in [0.717, 1.165) is 40.7 Å². The second-order valence-corrected chi connectivity index (χ2v) is 5.72. The molecule has 0 saturated carbocycles. The maximum atomic E-state index is 12.2. The number of benzene rings is 2. The highest BCUT2D eigenvalue weighted by Crippen LogP contribution is 2.33. The SMILES string of the molecule is CCCc1c(-c2ccccc2)cc(=O)oc1-c1ccccc1C. The number of aryl methyl sites for hydroxylation is 1. The molecule has 2 heteroatoms. The van der Waals surface area contributed by atoms with Gasteiger partial charge < -0.3 is 4.42 Å². The van der Waals surface area contributed by atoms with Gasteiger partial charge in [-0.25, -0.2) is 4.79 Å². The second kappa shape index (κ2) is 6.66. The van der Waals surface area contributed by atoms with Gasteiger partial charge in [0.2, 0.25) is 0 Å². The highest BCUT2D eigenvalue weighted by Gasteiger charge is 2.16. The standard InChI is InChI=1S/C21H20O2/c1-3-9-18-19(16-11-5-4-6-12-16)14-20(22)23-21(18)17-13-8-7-10-15(17)2/h4-8,10-14H,3,9H2,1-2H3. The molecule has 3 aromatic rings. The fourth-order valence-corrected chi connectivity index (χ4v) is 2.94. The quantitative estimate of drug-likeness (QED) is 0.660. The Balaban J connectivity index is 2.30. The molecule has 0 amide bonds. The van der Waals surface area contributed by atoms with Crippen LogP contribution in [0.3, 0.4) is 0 Å². The largest absolute Gasteiger partial charge is 0.422 e. The molecule has 0 saturated heterocycles. The Kier molecular flexibility index (Phi) is 4.42. The third-order valence-corrected chi connectivity index (χ3v) is 4.04. The first kappa shape index (κ1) is 15.3. The summed E-state index contributed by atoms with van der Waals surface area (Å²) in [7, 11) is 0. The number of rotatable bonds is 4. The molecule has 3 rings (SSSR count). The van der Waals surface area contributed by atoms with Crippen LogP contribution in [0.15, 0.2) is 69.9 Å². The van der Waals surface area contributed by atoms with Crippen molar-refractivity contribution in [2.24, 2.45) is 0 Å². The molecule has 23 heavy (non-hydrogen) atoms. The van der Waals surface area contributed by atoms with Crippen LogP contribution < -0.4 is 5.63 Å². The van der Waals surface area contributed by atoms with Crippen LogP contribution in [-0.4, -0.2) is 0 Å². The minimum Gasteiger partial charge on any atom is -0.422 e. The van der Waals surface area contributed by atoms with Crippen molar-refractivity contribution in [2.45, 2.75) is 26.7 Å². The normalized spacial score (nSPS) is 10.7. The van der Waals surface area contributed by atoms with E-state index >= 15 is 0 Å². The molecule has 0 fully saturated rings. The van der Waals surface area contributed by atoms with Gasteiger partial charge in [-0.2, -0.15) is 0 Å². The van der Waals surface area contributed by atoms with Gasteiger partial charge in [0, 0.05) is 17.2 Å². The Hall–Kier alpha value is -2.61. The molecule has 0 radical (unpaired) electrons. The van der Waals surface area contributed by atoms with Crippen molar-refractivity contribution in [3.63, 3.8) is 0 Å². The predicted molar refractivity (Wildman–Crippen MR) is 94.6 cm³/mol. The molecule has 2 aromatic carbocycles. The topological polar surface area (TPSA) is 30.2 Å². The minimum absolute atomic E-state index is 0.304. The summed E-state index contributed by atoms with van der Waals surface area (Å²) in [6, 6.07) is 19.7. The molecule has 0 atom stereocenters. The van der Waals surface area contributed by atoms with Gasteiger partial charge in [-0.3, -0.25) is 0 Å². The molecular weight excluding hydrogens is 284 g/mol. The van der Waals surface area contributed by atoms with Gasteiger partial charge in [-0.1, -0.05) is 67.9 Å². The molecule has 0 aliphatic rings. The fraction of sp³-hybridized carbons (Fsp3) is 0.190. The van der Waals surface area contributed by atoms with Crippen molar-refractivity contribution in [2.75, 3.05) is 0 Å². The van der Waals surface area contributed by atoms with Crippen LogP contribution in [-0.2, 0) is 6.42 Å². The average molecular weight is 304 g/mol. The molecule has 0 aliphatic carbocycles. The van der Waals surface area contributed by atoms with E-state index in [1.807, 2.05) is 61.5 Å². The van der Waals surface area contributed by atoms with E-state index in [0.29, 0.717) is 5.76 Å². The third-order valence-electron chi connectivity index (χ3n) is 4.04. The molecule has 0 unspecified atom stereocenters. The second-order valence-electron chi connectivity index (χ2n) is 5.72. The summed E-state index contributed by atoms with van der Waals surface area (Å²) in [5, 5.41) is 0. The lowest BCUT2D eigenvalue weighted by Gasteiger charge is -2.14. The summed E-state index contributed by atoms with van der Waals surface area (Å²) in [5.74, 6) is 0.705. The molecule has 2 nitrogen and oxygen atoms in total. The van der Waals surface area contributed by atoms with E-state index in [1.165, 1.54) is 0 Å². The van der Waals surface area contributed by atoms with E-state index in [-0.39, 0.29) is 5.63 Å². The van der Waals surface area contributed by atoms with Crippen molar-refractivity contribution < 1.29 is 4.42 Å². The zero-order chi connectivity index (χ0) is 16.2. The minimum atomic E-state index is -0.304. The van der Waals surface area contributed by atoms with Gasteiger partial charge in [0.1, 0.15) is 5.76 Å². The maximum absolute atomic E-state index is 12.2. The molecule has 0 aliphatic heterocycles. The molecule has 0 spiro atoms. The van der Waals surface area contributed by atoms with Crippen molar-refractivity contribution >= 4 is 0 Å². The summed E-state index contributed by atoms with van der Waals surface area (Å²) in [5.41, 5.74) is 4.93. The van der Waals surface area contributed by atoms with Crippen LogP contribution >= 0.6 is 0 Å². The van der Waals surface area contributed by atoms with Gasteiger partial charge in [0.05, 0.1) is 0 Å². The van der Waals surface area contributed by atoms with Crippen LogP contribution in [0.1, 0.15) is 24.5 Å². The molecule has 1 heterocycles. The van der Waals surface area contributed by atoms with Crippen molar-refractivity contribution in [3.05, 3.63) is 82.2 Å². The van der Waals surface area contributed by atoms with E-state index in [9.17, 15) is 4.79 Å². The summed E-state index contributed by atoms with van der Waals surface area (Å²) in [6.07, 6.45) is 1.87. The average Bonchev–Trinajstić information content (AvgIpc) is 2.57. The van der Waals surface area contributed by atoms with Crippen molar-refractivity contribution in [3.8, 4) is 22.5 Å². The third kappa shape index (κ3) is 3.11.